The molecule has 1 aliphatic heterocycles. The number of aliphatic hydroxyl groups is 1. The van der Waals surface area contributed by atoms with Gasteiger partial charge in [-0.2, -0.15) is 13.2 Å². The second kappa shape index (κ2) is 6.85. The fourth-order valence-electron chi connectivity index (χ4n) is 4.06. The van der Waals surface area contributed by atoms with Crippen molar-refractivity contribution in [3.63, 3.8) is 0 Å². The van der Waals surface area contributed by atoms with Crippen LogP contribution >= 0.6 is 0 Å². The molecule has 1 aromatic carbocycles. The van der Waals surface area contributed by atoms with E-state index in [9.17, 15) is 23.1 Å². The Balaban J connectivity index is 1.92. The summed E-state index contributed by atoms with van der Waals surface area (Å²) in [7, 11) is 0. The lowest BCUT2D eigenvalue weighted by Crippen LogP contribution is -2.51. The summed E-state index contributed by atoms with van der Waals surface area (Å²) in [4.78, 5) is 13.0. The number of rotatable bonds is 1. The molecule has 0 spiro atoms. The first kappa shape index (κ1) is 19.2. The monoisotopic (exact) mass is 370 g/mol. The van der Waals surface area contributed by atoms with Crippen molar-refractivity contribution in [3.05, 3.63) is 29.8 Å². The molecule has 1 saturated carbocycles. The molecule has 4 nitrogen and oxygen atoms in total. The highest BCUT2D eigenvalue weighted by molar-refractivity contribution is 6.01. The molecular weight excluding hydrogens is 345 g/mol. The van der Waals surface area contributed by atoms with E-state index in [0.29, 0.717) is 18.8 Å². The van der Waals surface area contributed by atoms with E-state index in [1.807, 2.05) is 6.92 Å². The molecule has 1 heterocycles. The first-order chi connectivity index (χ1) is 12.1. The van der Waals surface area contributed by atoms with Gasteiger partial charge in [-0.1, -0.05) is 39.2 Å². The van der Waals surface area contributed by atoms with Crippen LogP contribution in [0.1, 0.15) is 51.5 Å². The Hall–Kier alpha value is -1.60. The zero-order valence-electron chi connectivity index (χ0n) is 15.0. The quantitative estimate of drug-likeness (QED) is 0.789. The van der Waals surface area contributed by atoms with Crippen molar-refractivity contribution < 1.29 is 23.1 Å². The van der Waals surface area contributed by atoms with Gasteiger partial charge in [-0.15, -0.1) is 0 Å². The molecule has 3 rings (SSSR count). The maximum atomic E-state index is 13.0. The molecule has 1 unspecified atom stereocenters. The van der Waals surface area contributed by atoms with Gasteiger partial charge >= 0.3 is 6.18 Å². The number of anilines is 1. The Labute approximate surface area is 151 Å². The lowest BCUT2D eigenvalue weighted by Gasteiger charge is -2.31. The molecule has 1 aromatic rings. The van der Waals surface area contributed by atoms with Crippen LogP contribution in [0, 0.1) is 11.8 Å². The maximum Gasteiger partial charge on any atom is 0.416 e. The van der Waals surface area contributed by atoms with Gasteiger partial charge in [0, 0.05) is 0 Å². The van der Waals surface area contributed by atoms with E-state index in [2.05, 4.69) is 12.3 Å². The Kier molecular flexibility index (Phi) is 5.05. The summed E-state index contributed by atoms with van der Waals surface area (Å²) in [6.45, 7) is 4.02. The van der Waals surface area contributed by atoms with Gasteiger partial charge in [-0.05, 0) is 42.9 Å². The molecule has 1 saturated heterocycles. The first-order valence-electron chi connectivity index (χ1n) is 9.14. The molecule has 0 radical (unpaired) electrons. The van der Waals surface area contributed by atoms with E-state index >= 15 is 0 Å². The maximum absolute atomic E-state index is 13.0. The summed E-state index contributed by atoms with van der Waals surface area (Å²) in [5.74, 6) is -0.303. The molecule has 4 atom stereocenters. The largest absolute Gasteiger partial charge is 0.416 e. The standard InChI is InChI=1S/C19H25F3N2O2/c1-12-5-3-8-16-18(26,13(2)10-9-12)17(25)24(23-16)15-7-4-6-14(11-15)19(20,21)22/h4,6-7,11-13,16,23,26H,3,5,8-10H2,1-2H3/t12-,13?,16+,18+/m0/s1. The van der Waals surface area contributed by atoms with Crippen LogP contribution in [0.5, 0.6) is 0 Å². The fourth-order valence-corrected chi connectivity index (χ4v) is 4.06. The zero-order chi connectivity index (χ0) is 19.1. The van der Waals surface area contributed by atoms with E-state index in [-0.39, 0.29) is 11.6 Å². The predicted molar refractivity (Wildman–Crippen MR) is 92.2 cm³/mol. The molecular formula is C19H25F3N2O2. The number of benzene rings is 1. The minimum absolute atomic E-state index is 0.100. The number of nitrogens with one attached hydrogen (secondary N) is 1. The Morgan fingerprint density at radius 2 is 1.92 bits per heavy atom. The number of carbonyl (C=O) groups is 1. The molecule has 2 fully saturated rings. The molecule has 0 bridgehead atoms. The average Bonchev–Trinajstić information content (AvgIpc) is 2.86. The third-order valence-corrected chi connectivity index (χ3v) is 5.83. The SMILES string of the molecule is CC1CC[C@@H](C)CCC[C@H]2NN(c3cccc(C(F)(F)F)c3)C(=O)[C@@]12O. The van der Waals surface area contributed by atoms with Crippen molar-refractivity contribution in [2.45, 2.75) is 63.8 Å². The minimum Gasteiger partial charge on any atom is -0.378 e. The van der Waals surface area contributed by atoms with Crippen LogP contribution in [0.25, 0.3) is 0 Å². The second-order valence-electron chi connectivity index (χ2n) is 7.71. The summed E-state index contributed by atoms with van der Waals surface area (Å²) < 4.78 is 39.0. The summed E-state index contributed by atoms with van der Waals surface area (Å²) in [6, 6.07) is 4.13. The lowest BCUT2D eigenvalue weighted by atomic mass is 9.79. The van der Waals surface area contributed by atoms with Crippen LogP contribution in [-0.4, -0.2) is 22.7 Å². The molecule has 1 aliphatic carbocycles. The molecule has 2 N–H and O–H groups in total. The van der Waals surface area contributed by atoms with Gasteiger partial charge in [0.2, 0.25) is 0 Å². The molecule has 7 heteroatoms. The first-order valence-corrected chi connectivity index (χ1v) is 9.14. The third kappa shape index (κ3) is 3.34. The number of nitrogens with zero attached hydrogens (tertiary/aromatic N) is 1. The highest BCUT2D eigenvalue weighted by atomic mass is 19.4. The van der Waals surface area contributed by atoms with Gasteiger partial charge in [0.05, 0.1) is 17.3 Å². The molecule has 1 amide bonds. The number of alkyl halides is 3. The average molecular weight is 370 g/mol. The number of amides is 1. The highest BCUT2D eigenvalue weighted by Crippen LogP contribution is 2.39. The van der Waals surface area contributed by atoms with Gasteiger partial charge in [0.15, 0.2) is 5.60 Å². The van der Waals surface area contributed by atoms with Gasteiger partial charge in [-0.25, -0.2) is 10.4 Å². The summed E-state index contributed by atoms with van der Waals surface area (Å²) in [5.41, 5.74) is 0.667. The number of hydrazine groups is 1. The number of hydrogen-bond donors (Lipinski definition) is 2. The van der Waals surface area contributed by atoms with Crippen molar-refractivity contribution in [2.75, 3.05) is 5.01 Å². The van der Waals surface area contributed by atoms with Gasteiger partial charge in [0.1, 0.15) is 0 Å². The summed E-state index contributed by atoms with van der Waals surface area (Å²) in [6.07, 6.45) is -0.382. The van der Waals surface area contributed by atoms with Crippen LogP contribution in [-0.2, 0) is 11.0 Å². The highest BCUT2D eigenvalue weighted by Gasteiger charge is 2.56. The number of halogens is 3. The lowest BCUT2D eigenvalue weighted by molar-refractivity contribution is -0.140. The fraction of sp³-hybridized carbons (Fsp3) is 0.632. The van der Waals surface area contributed by atoms with Crippen molar-refractivity contribution >= 4 is 11.6 Å². The molecule has 0 aromatic heterocycles. The molecule has 26 heavy (non-hydrogen) atoms. The Bertz CT molecular complexity index is 679. The van der Waals surface area contributed by atoms with Crippen LogP contribution in [0.4, 0.5) is 18.9 Å². The van der Waals surface area contributed by atoms with Crippen molar-refractivity contribution in [2.24, 2.45) is 11.8 Å². The Morgan fingerprint density at radius 1 is 1.19 bits per heavy atom. The van der Waals surface area contributed by atoms with E-state index in [0.717, 1.165) is 36.4 Å². The molecule has 2 aliphatic rings. The van der Waals surface area contributed by atoms with Crippen LogP contribution in [0.15, 0.2) is 24.3 Å². The van der Waals surface area contributed by atoms with Crippen LogP contribution in [0.2, 0.25) is 0 Å². The Morgan fingerprint density at radius 3 is 2.62 bits per heavy atom. The predicted octanol–water partition coefficient (Wildman–Crippen LogP) is 3.89. The van der Waals surface area contributed by atoms with E-state index in [1.54, 1.807) is 0 Å². The van der Waals surface area contributed by atoms with Crippen molar-refractivity contribution in [3.8, 4) is 0 Å². The number of fused-ring (bicyclic) bond motifs is 1. The summed E-state index contributed by atoms with van der Waals surface area (Å²) >= 11 is 0. The van der Waals surface area contributed by atoms with E-state index < -0.39 is 29.3 Å². The van der Waals surface area contributed by atoms with Gasteiger partial charge < -0.3 is 5.11 Å². The second-order valence-corrected chi connectivity index (χ2v) is 7.71. The third-order valence-electron chi connectivity index (χ3n) is 5.83. The van der Waals surface area contributed by atoms with E-state index in [4.69, 9.17) is 0 Å². The number of hydrogen-bond acceptors (Lipinski definition) is 3. The zero-order valence-corrected chi connectivity index (χ0v) is 15.0. The van der Waals surface area contributed by atoms with Gasteiger partial charge in [-0.3, -0.25) is 4.79 Å². The van der Waals surface area contributed by atoms with Gasteiger partial charge in [0.25, 0.3) is 5.91 Å². The molecule has 144 valence electrons. The van der Waals surface area contributed by atoms with E-state index in [1.165, 1.54) is 12.1 Å². The summed E-state index contributed by atoms with van der Waals surface area (Å²) in [5, 5.41) is 12.3. The minimum atomic E-state index is -4.49. The van der Waals surface area contributed by atoms with Crippen LogP contribution in [0.3, 0.4) is 0 Å². The van der Waals surface area contributed by atoms with Crippen molar-refractivity contribution in [1.82, 2.24) is 5.43 Å². The van der Waals surface area contributed by atoms with Crippen LogP contribution < -0.4 is 10.4 Å². The smallest absolute Gasteiger partial charge is 0.378 e. The topological polar surface area (TPSA) is 52.6 Å². The normalized spacial score (nSPS) is 33.4. The van der Waals surface area contributed by atoms with Crippen molar-refractivity contribution in [1.29, 1.82) is 0 Å². The number of carbonyl (C=O) groups excluding carboxylic acids is 1.